The molecular weight excluding hydrogens is 280 g/mol. The molecule has 1 amide bonds. The van der Waals surface area contributed by atoms with Crippen molar-refractivity contribution < 1.29 is 14.7 Å². The number of pyridine rings is 1. The molecule has 104 valence electrons. The van der Waals surface area contributed by atoms with Gasteiger partial charge in [-0.2, -0.15) is 4.37 Å². The van der Waals surface area contributed by atoms with E-state index in [0.717, 1.165) is 11.5 Å². The minimum atomic E-state index is -1.12. The van der Waals surface area contributed by atoms with Crippen molar-refractivity contribution in [3.05, 3.63) is 40.8 Å². The summed E-state index contributed by atoms with van der Waals surface area (Å²) in [4.78, 5) is 27.2. The van der Waals surface area contributed by atoms with Crippen LogP contribution in [0.1, 0.15) is 32.1 Å². The molecule has 0 bridgehead atoms. The molecule has 0 aliphatic carbocycles. The van der Waals surface area contributed by atoms with Crippen LogP contribution in [0.15, 0.2) is 18.3 Å². The molecule has 7 nitrogen and oxygen atoms in total. The van der Waals surface area contributed by atoms with E-state index in [2.05, 4.69) is 14.7 Å². The van der Waals surface area contributed by atoms with Gasteiger partial charge >= 0.3 is 5.97 Å². The van der Waals surface area contributed by atoms with Gasteiger partial charge in [0.25, 0.3) is 5.91 Å². The number of rotatable bonds is 4. The number of anilines is 1. The third-order valence-corrected chi connectivity index (χ3v) is 3.45. The molecule has 0 atom stereocenters. The molecule has 0 fully saturated rings. The van der Waals surface area contributed by atoms with Crippen LogP contribution in [0.2, 0.25) is 0 Å². The molecule has 0 aliphatic heterocycles. The largest absolute Gasteiger partial charge is 0.478 e. The van der Waals surface area contributed by atoms with E-state index in [1.165, 1.54) is 12.3 Å². The average Bonchev–Trinajstić information content (AvgIpc) is 2.79. The number of carboxylic acids is 1. The van der Waals surface area contributed by atoms with Crippen LogP contribution in [0.4, 0.5) is 5.00 Å². The number of hydrogen-bond acceptors (Lipinski definition) is 6. The van der Waals surface area contributed by atoms with Crippen LogP contribution in [0.3, 0.4) is 0 Å². The molecule has 4 N–H and O–H groups in total. The lowest BCUT2D eigenvalue weighted by Crippen LogP contribution is -2.14. The number of amides is 1. The first kappa shape index (κ1) is 14.1. The average molecular weight is 292 g/mol. The van der Waals surface area contributed by atoms with E-state index in [9.17, 15) is 9.59 Å². The lowest BCUT2D eigenvalue weighted by atomic mass is 10.2. The summed E-state index contributed by atoms with van der Waals surface area (Å²) in [6.07, 6.45) is 1.48. The van der Waals surface area contributed by atoms with Gasteiger partial charge in [-0.05, 0) is 30.6 Å². The molecular formula is C12H12N4O3S. The Morgan fingerprint density at radius 2 is 2.25 bits per heavy atom. The summed E-state index contributed by atoms with van der Waals surface area (Å²) in [6, 6.07) is 3.09. The standard InChI is InChI=1S/C12H12N4O3S/c1-6-9(12(18)19)11(20-16-6)15-10(17)7-2-3-14-8(4-7)5-13/h2-4H,5,13H2,1H3,(H,15,17)(H,18,19). The van der Waals surface area contributed by atoms with Crippen LogP contribution in [0, 0.1) is 6.92 Å². The van der Waals surface area contributed by atoms with E-state index in [0.29, 0.717) is 17.0 Å². The zero-order valence-electron chi connectivity index (χ0n) is 10.6. The summed E-state index contributed by atoms with van der Waals surface area (Å²) in [6.45, 7) is 1.80. The van der Waals surface area contributed by atoms with E-state index in [-0.39, 0.29) is 17.1 Å². The van der Waals surface area contributed by atoms with Gasteiger partial charge in [0.1, 0.15) is 10.6 Å². The summed E-state index contributed by atoms with van der Waals surface area (Å²) >= 11 is 0.934. The second-order valence-electron chi connectivity index (χ2n) is 3.97. The molecule has 0 aliphatic rings. The Labute approximate surface area is 118 Å². The Morgan fingerprint density at radius 3 is 2.90 bits per heavy atom. The summed E-state index contributed by atoms with van der Waals surface area (Å²) in [5.41, 5.74) is 6.78. The molecule has 0 unspecified atom stereocenters. The fourth-order valence-electron chi connectivity index (χ4n) is 1.61. The summed E-state index contributed by atoms with van der Waals surface area (Å²) in [7, 11) is 0. The van der Waals surface area contributed by atoms with Crippen LogP contribution in [0.25, 0.3) is 0 Å². The van der Waals surface area contributed by atoms with Crippen molar-refractivity contribution in [2.45, 2.75) is 13.5 Å². The maximum atomic E-state index is 12.1. The van der Waals surface area contributed by atoms with Crippen molar-refractivity contribution in [1.29, 1.82) is 0 Å². The highest BCUT2D eigenvalue weighted by molar-refractivity contribution is 7.11. The molecule has 8 heteroatoms. The number of aryl methyl sites for hydroxylation is 1. The fraction of sp³-hybridized carbons (Fsp3) is 0.167. The Hall–Kier alpha value is -2.32. The monoisotopic (exact) mass is 292 g/mol. The number of carbonyl (C=O) groups is 2. The van der Waals surface area contributed by atoms with Crippen molar-refractivity contribution >= 4 is 28.4 Å². The quantitative estimate of drug-likeness (QED) is 0.780. The molecule has 0 spiro atoms. The predicted octanol–water partition coefficient (Wildman–Crippen LogP) is 1.26. The van der Waals surface area contributed by atoms with Gasteiger partial charge in [0.05, 0.1) is 11.4 Å². The third-order valence-electron chi connectivity index (χ3n) is 2.59. The second-order valence-corrected chi connectivity index (χ2v) is 4.74. The summed E-state index contributed by atoms with van der Waals surface area (Å²) in [5, 5.41) is 11.9. The lowest BCUT2D eigenvalue weighted by molar-refractivity contribution is 0.0697. The van der Waals surface area contributed by atoms with E-state index in [1.54, 1.807) is 13.0 Å². The van der Waals surface area contributed by atoms with E-state index in [4.69, 9.17) is 10.8 Å². The number of carbonyl (C=O) groups excluding carboxylic acids is 1. The molecule has 0 aromatic carbocycles. The SMILES string of the molecule is Cc1nsc(NC(=O)c2ccnc(CN)c2)c1C(=O)O. The maximum Gasteiger partial charge on any atom is 0.340 e. The van der Waals surface area contributed by atoms with Gasteiger partial charge in [-0.3, -0.25) is 9.78 Å². The lowest BCUT2D eigenvalue weighted by Gasteiger charge is -2.05. The Balaban J connectivity index is 2.26. The number of nitrogens with zero attached hydrogens (tertiary/aromatic N) is 2. The number of aromatic carboxylic acids is 1. The minimum absolute atomic E-state index is 0.0106. The topological polar surface area (TPSA) is 118 Å². The van der Waals surface area contributed by atoms with E-state index in [1.807, 2.05) is 0 Å². The second kappa shape index (κ2) is 5.76. The Morgan fingerprint density at radius 1 is 1.50 bits per heavy atom. The molecule has 0 saturated heterocycles. The molecule has 2 aromatic heterocycles. The first-order chi connectivity index (χ1) is 9.52. The van der Waals surface area contributed by atoms with Gasteiger partial charge in [-0.15, -0.1) is 0 Å². The van der Waals surface area contributed by atoms with Crippen LogP contribution in [-0.4, -0.2) is 26.3 Å². The number of carboxylic acid groups (broad SMARTS) is 1. The molecule has 2 aromatic rings. The molecule has 0 saturated carbocycles. The number of hydrogen-bond donors (Lipinski definition) is 3. The summed E-state index contributed by atoms with van der Waals surface area (Å²) in [5.74, 6) is -1.54. The first-order valence-electron chi connectivity index (χ1n) is 5.69. The Bertz CT molecular complexity index is 668. The normalized spacial score (nSPS) is 10.3. The van der Waals surface area contributed by atoms with E-state index >= 15 is 0 Å². The molecule has 20 heavy (non-hydrogen) atoms. The third kappa shape index (κ3) is 2.81. The Kier molecular flexibility index (Phi) is 4.06. The highest BCUT2D eigenvalue weighted by Gasteiger charge is 2.19. The number of nitrogens with two attached hydrogens (primary N) is 1. The van der Waals surface area contributed by atoms with Gasteiger partial charge in [0.15, 0.2) is 0 Å². The summed E-state index contributed by atoms with van der Waals surface area (Å²) < 4.78 is 3.93. The van der Waals surface area contributed by atoms with Crippen LogP contribution >= 0.6 is 11.5 Å². The van der Waals surface area contributed by atoms with Gasteiger partial charge < -0.3 is 16.2 Å². The van der Waals surface area contributed by atoms with Crippen LogP contribution < -0.4 is 11.1 Å². The van der Waals surface area contributed by atoms with Crippen molar-refractivity contribution in [3.63, 3.8) is 0 Å². The molecule has 0 radical (unpaired) electrons. The van der Waals surface area contributed by atoms with E-state index < -0.39 is 11.9 Å². The van der Waals surface area contributed by atoms with Gasteiger partial charge in [-0.1, -0.05) is 0 Å². The predicted molar refractivity (Wildman–Crippen MR) is 73.9 cm³/mol. The van der Waals surface area contributed by atoms with Crippen LogP contribution in [0.5, 0.6) is 0 Å². The number of nitrogens with one attached hydrogen (secondary N) is 1. The van der Waals surface area contributed by atoms with Gasteiger partial charge in [0, 0.05) is 18.3 Å². The number of aromatic nitrogens is 2. The highest BCUT2D eigenvalue weighted by Crippen LogP contribution is 2.24. The smallest absolute Gasteiger partial charge is 0.340 e. The molecule has 2 heterocycles. The zero-order valence-corrected chi connectivity index (χ0v) is 11.4. The van der Waals surface area contributed by atoms with Gasteiger partial charge in [-0.25, -0.2) is 4.79 Å². The van der Waals surface area contributed by atoms with Crippen molar-refractivity contribution in [2.24, 2.45) is 5.73 Å². The fourth-order valence-corrected chi connectivity index (χ4v) is 2.40. The zero-order chi connectivity index (χ0) is 14.7. The minimum Gasteiger partial charge on any atom is -0.478 e. The van der Waals surface area contributed by atoms with Crippen molar-refractivity contribution in [1.82, 2.24) is 9.36 Å². The van der Waals surface area contributed by atoms with Gasteiger partial charge in [0.2, 0.25) is 0 Å². The highest BCUT2D eigenvalue weighted by atomic mass is 32.1. The van der Waals surface area contributed by atoms with Crippen molar-refractivity contribution in [3.8, 4) is 0 Å². The van der Waals surface area contributed by atoms with Crippen LogP contribution in [-0.2, 0) is 6.54 Å². The van der Waals surface area contributed by atoms with Crippen molar-refractivity contribution in [2.75, 3.05) is 5.32 Å². The first-order valence-corrected chi connectivity index (χ1v) is 6.46. The maximum absolute atomic E-state index is 12.1. The molecule has 2 rings (SSSR count).